The van der Waals surface area contributed by atoms with Gasteiger partial charge in [0.15, 0.2) is 6.29 Å². The van der Waals surface area contributed by atoms with E-state index in [0.29, 0.717) is 38.0 Å². The van der Waals surface area contributed by atoms with Gasteiger partial charge < -0.3 is 14.6 Å². The number of hydrogen-bond donors (Lipinski definition) is 1. The molecule has 4 nitrogen and oxygen atoms in total. The second-order valence-electron chi connectivity index (χ2n) is 6.60. The fourth-order valence-electron chi connectivity index (χ4n) is 3.02. The minimum atomic E-state index is -4.42. The minimum absolute atomic E-state index is 0.0891. The van der Waals surface area contributed by atoms with Crippen LogP contribution in [0.4, 0.5) is 13.2 Å². The van der Waals surface area contributed by atoms with Gasteiger partial charge in [0.1, 0.15) is 0 Å². The van der Waals surface area contributed by atoms with Crippen LogP contribution in [0.3, 0.4) is 0 Å². The Morgan fingerprint density at radius 3 is 2.77 bits per heavy atom. The molecule has 0 aromatic heterocycles. The van der Waals surface area contributed by atoms with E-state index in [1.807, 2.05) is 0 Å². The maximum Gasteiger partial charge on any atom is 0.416 e. The summed E-state index contributed by atoms with van der Waals surface area (Å²) >= 11 is 0. The Balaban J connectivity index is 1.77. The molecule has 1 aliphatic heterocycles. The van der Waals surface area contributed by atoms with Gasteiger partial charge in [0.05, 0.1) is 11.5 Å². The van der Waals surface area contributed by atoms with E-state index in [4.69, 9.17) is 9.47 Å². The Morgan fingerprint density at radius 2 is 2.12 bits per heavy atom. The number of carbonyl (C=O) groups is 1. The molecular weight excluding hydrogens is 349 g/mol. The van der Waals surface area contributed by atoms with Crippen LogP contribution < -0.4 is 0 Å². The maximum absolute atomic E-state index is 12.8. The van der Waals surface area contributed by atoms with E-state index in [2.05, 4.69) is 0 Å². The van der Waals surface area contributed by atoms with Crippen LogP contribution in [0.2, 0.25) is 0 Å². The fraction of sp³-hybridized carbons (Fsp3) is 0.632. The molecule has 0 spiro atoms. The number of unbranched alkanes of at least 4 members (excludes halogenated alkanes) is 1. The van der Waals surface area contributed by atoms with Crippen LogP contribution in [0, 0.1) is 5.92 Å². The third-order valence-electron chi connectivity index (χ3n) is 4.47. The minimum Gasteiger partial charge on any atom is -0.481 e. The first-order valence-electron chi connectivity index (χ1n) is 8.98. The normalized spacial score (nSPS) is 19.3. The number of aliphatic carboxylic acids is 1. The zero-order chi connectivity index (χ0) is 19.0. The summed E-state index contributed by atoms with van der Waals surface area (Å²) in [7, 11) is 0. The van der Waals surface area contributed by atoms with Crippen molar-refractivity contribution < 1.29 is 32.5 Å². The molecule has 0 saturated carbocycles. The Kier molecular flexibility index (Phi) is 7.90. The highest BCUT2D eigenvalue weighted by atomic mass is 19.4. The van der Waals surface area contributed by atoms with Gasteiger partial charge in [-0.3, -0.25) is 4.79 Å². The number of benzene rings is 1. The van der Waals surface area contributed by atoms with Crippen molar-refractivity contribution in [3.05, 3.63) is 35.4 Å². The average Bonchev–Trinajstić information content (AvgIpc) is 2.60. The summed E-state index contributed by atoms with van der Waals surface area (Å²) in [6.45, 7) is 1.21. The van der Waals surface area contributed by atoms with Gasteiger partial charge in [-0.05, 0) is 50.2 Å². The highest BCUT2D eigenvalue weighted by Crippen LogP contribution is 2.30. The van der Waals surface area contributed by atoms with E-state index in [-0.39, 0.29) is 12.7 Å². The lowest BCUT2D eigenvalue weighted by Crippen LogP contribution is -2.22. The maximum atomic E-state index is 12.8. The smallest absolute Gasteiger partial charge is 0.416 e. The summed E-state index contributed by atoms with van der Waals surface area (Å²) in [4.78, 5) is 11.4. The van der Waals surface area contributed by atoms with Gasteiger partial charge in [-0.25, -0.2) is 0 Å². The van der Waals surface area contributed by atoms with Gasteiger partial charge in [0, 0.05) is 13.2 Å². The molecule has 1 aliphatic rings. The first-order chi connectivity index (χ1) is 12.4. The highest BCUT2D eigenvalue weighted by Gasteiger charge is 2.30. The predicted molar refractivity (Wildman–Crippen MR) is 89.7 cm³/mol. The van der Waals surface area contributed by atoms with E-state index >= 15 is 0 Å². The Hall–Kier alpha value is -1.60. The van der Waals surface area contributed by atoms with Gasteiger partial charge in [0.2, 0.25) is 0 Å². The molecular formula is C19H25F3O4. The largest absolute Gasteiger partial charge is 0.481 e. The molecule has 1 aromatic rings. The molecule has 2 unspecified atom stereocenters. The third-order valence-corrected chi connectivity index (χ3v) is 4.47. The molecule has 1 N–H and O–H groups in total. The van der Waals surface area contributed by atoms with Crippen LogP contribution >= 0.6 is 0 Å². The summed E-state index contributed by atoms with van der Waals surface area (Å²) in [6, 6.07) is 4.87. The standard InChI is InChI=1S/C19H25F3O4/c20-19(21,22)16-8-5-6-14(13-16)12-15(18(23)24)7-1-3-10-25-17-9-2-4-11-26-17/h5-6,8,13,15,17H,1-4,7,9-12H2,(H,23,24). The lowest BCUT2D eigenvalue weighted by Gasteiger charge is -2.22. The van der Waals surface area contributed by atoms with Crippen LogP contribution in [0.5, 0.6) is 0 Å². The van der Waals surface area contributed by atoms with Crippen LogP contribution in [0.15, 0.2) is 24.3 Å². The second-order valence-corrected chi connectivity index (χ2v) is 6.60. The first-order valence-corrected chi connectivity index (χ1v) is 8.98. The molecule has 2 rings (SSSR count). The summed E-state index contributed by atoms with van der Waals surface area (Å²) < 4.78 is 49.3. The number of alkyl halides is 3. The van der Waals surface area contributed by atoms with Crippen molar-refractivity contribution in [3.8, 4) is 0 Å². The van der Waals surface area contributed by atoms with E-state index in [9.17, 15) is 23.1 Å². The second kappa shape index (κ2) is 9.92. The number of halogens is 3. The topological polar surface area (TPSA) is 55.8 Å². The Morgan fingerprint density at radius 1 is 1.31 bits per heavy atom. The molecule has 0 aliphatic carbocycles. The van der Waals surface area contributed by atoms with E-state index in [1.54, 1.807) is 0 Å². The lowest BCUT2D eigenvalue weighted by molar-refractivity contribution is -0.163. The zero-order valence-corrected chi connectivity index (χ0v) is 14.6. The number of hydrogen-bond acceptors (Lipinski definition) is 3. The van der Waals surface area contributed by atoms with Crippen molar-refractivity contribution in [1.29, 1.82) is 0 Å². The number of ether oxygens (including phenoxy) is 2. The first kappa shape index (κ1) is 20.7. The van der Waals surface area contributed by atoms with Gasteiger partial charge in [0.25, 0.3) is 0 Å². The summed E-state index contributed by atoms with van der Waals surface area (Å²) in [5.41, 5.74) is -0.362. The van der Waals surface area contributed by atoms with Crippen LogP contribution in [-0.2, 0) is 26.9 Å². The van der Waals surface area contributed by atoms with Crippen LogP contribution in [-0.4, -0.2) is 30.6 Å². The molecule has 26 heavy (non-hydrogen) atoms. The van der Waals surface area contributed by atoms with Crippen LogP contribution in [0.1, 0.15) is 49.7 Å². The molecule has 1 fully saturated rings. The number of rotatable bonds is 9. The van der Waals surface area contributed by atoms with Crippen molar-refractivity contribution in [2.75, 3.05) is 13.2 Å². The number of carboxylic acid groups (broad SMARTS) is 1. The molecule has 1 saturated heterocycles. The molecule has 1 heterocycles. The Labute approximate surface area is 151 Å². The van der Waals surface area contributed by atoms with Gasteiger partial charge in [-0.2, -0.15) is 13.2 Å². The quantitative estimate of drug-likeness (QED) is 0.639. The molecule has 1 aromatic carbocycles. The molecule has 2 atom stereocenters. The summed E-state index contributed by atoms with van der Waals surface area (Å²) in [5, 5.41) is 9.35. The molecule has 146 valence electrons. The molecule has 0 bridgehead atoms. The van der Waals surface area contributed by atoms with Gasteiger partial charge >= 0.3 is 12.1 Å². The SMILES string of the molecule is O=C(O)C(CCCCOC1CCCCO1)Cc1cccc(C(F)(F)F)c1. The average molecular weight is 374 g/mol. The molecule has 7 heteroatoms. The lowest BCUT2D eigenvalue weighted by atomic mass is 9.93. The fourth-order valence-corrected chi connectivity index (χ4v) is 3.02. The molecule has 0 radical (unpaired) electrons. The van der Waals surface area contributed by atoms with Crippen molar-refractivity contribution in [1.82, 2.24) is 0 Å². The van der Waals surface area contributed by atoms with E-state index in [0.717, 1.165) is 31.4 Å². The monoisotopic (exact) mass is 374 g/mol. The molecule has 0 amide bonds. The van der Waals surface area contributed by atoms with Crippen molar-refractivity contribution in [3.63, 3.8) is 0 Å². The van der Waals surface area contributed by atoms with Gasteiger partial charge in [-0.15, -0.1) is 0 Å². The van der Waals surface area contributed by atoms with Crippen molar-refractivity contribution in [2.45, 2.75) is 57.4 Å². The van der Waals surface area contributed by atoms with Crippen molar-refractivity contribution in [2.24, 2.45) is 5.92 Å². The number of carboxylic acids is 1. The Bertz CT molecular complexity index is 568. The van der Waals surface area contributed by atoms with Crippen molar-refractivity contribution >= 4 is 5.97 Å². The van der Waals surface area contributed by atoms with Gasteiger partial charge in [-0.1, -0.05) is 24.6 Å². The predicted octanol–water partition coefficient (Wildman–Crippen LogP) is 4.66. The summed E-state index contributed by atoms with van der Waals surface area (Å²) in [6.07, 6.45) is 0.268. The third kappa shape index (κ3) is 6.96. The van der Waals surface area contributed by atoms with E-state index < -0.39 is 23.6 Å². The zero-order valence-electron chi connectivity index (χ0n) is 14.6. The summed E-state index contributed by atoms with van der Waals surface area (Å²) in [5.74, 6) is -1.69. The van der Waals surface area contributed by atoms with Crippen LogP contribution in [0.25, 0.3) is 0 Å². The highest BCUT2D eigenvalue weighted by molar-refractivity contribution is 5.70. The van der Waals surface area contributed by atoms with E-state index in [1.165, 1.54) is 12.1 Å².